The van der Waals surface area contributed by atoms with Crippen molar-refractivity contribution in [1.29, 1.82) is 0 Å². The Bertz CT molecular complexity index is 885. The summed E-state index contributed by atoms with van der Waals surface area (Å²) in [6, 6.07) is 0. The molecule has 3 unspecified atom stereocenters. The Kier molecular flexibility index (Phi) is 4.99. The summed E-state index contributed by atoms with van der Waals surface area (Å²) in [7, 11) is 0. The highest BCUT2D eigenvalue weighted by atomic mass is 16.4. The largest absolute Gasteiger partial charge is 0.481 e. The maximum Gasteiger partial charge on any atom is 0.310 e. The summed E-state index contributed by atoms with van der Waals surface area (Å²) in [4.78, 5) is 12.8. The minimum atomic E-state index is -0.553. The number of allylic oxidation sites excluding steroid dienone is 2. The first-order chi connectivity index (χ1) is 15.1. The minimum Gasteiger partial charge on any atom is -0.481 e. The SMILES string of the molecule is CC1(C)CC[C@]2(C(=O)O)CC[C@]3(C)C(=CCC4C5(C)CC[C@H](O)C(C)(C)[C@@H]5CC[C@@]43C)C2C1. The van der Waals surface area contributed by atoms with Gasteiger partial charge in [0.05, 0.1) is 11.5 Å². The van der Waals surface area contributed by atoms with Gasteiger partial charge in [-0.25, -0.2) is 0 Å². The molecule has 5 rings (SSSR count). The fourth-order valence-corrected chi connectivity index (χ4v) is 10.6. The van der Waals surface area contributed by atoms with Crippen molar-refractivity contribution < 1.29 is 15.0 Å². The van der Waals surface area contributed by atoms with E-state index in [1.54, 1.807) is 0 Å². The van der Waals surface area contributed by atoms with Crippen molar-refractivity contribution in [2.24, 2.45) is 50.2 Å². The molecule has 5 aliphatic rings. The van der Waals surface area contributed by atoms with Gasteiger partial charge in [-0.05, 0) is 109 Å². The molecule has 3 heteroatoms. The lowest BCUT2D eigenvalue weighted by Crippen LogP contribution is -2.65. The van der Waals surface area contributed by atoms with Crippen LogP contribution in [0.2, 0.25) is 0 Å². The summed E-state index contributed by atoms with van der Waals surface area (Å²) in [5.41, 5.74) is 1.68. The summed E-state index contributed by atoms with van der Waals surface area (Å²) in [5, 5.41) is 21.4. The maximum atomic E-state index is 12.8. The molecule has 0 heterocycles. The number of aliphatic hydroxyl groups is 1. The van der Waals surface area contributed by atoms with Crippen molar-refractivity contribution in [3.63, 3.8) is 0 Å². The predicted molar refractivity (Wildman–Crippen MR) is 133 cm³/mol. The first-order valence-corrected chi connectivity index (χ1v) is 13.8. The Morgan fingerprint density at radius 1 is 0.879 bits per heavy atom. The number of rotatable bonds is 1. The van der Waals surface area contributed by atoms with Gasteiger partial charge in [-0.15, -0.1) is 0 Å². The van der Waals surface area contributed by atoms with Gasteiger partial charge in [-0.2, -0.15) is 0 Å². The molecule has 4 fully saturated rings. The second-order valence-electron chi connectivity index (χ2n) is 15.1. The summed E-state index contributed by atoms with van der Waals surface area (Å²) in [6.07, 6.45) is 12.6. The molecule has 33 heavy (non-hydrogen) atoms. The number of aliphatic hydroxyl groups excluding tert-OH is 1. The van der Waals surface area contributed by atoms with E-state index >= 15 is 0 Å². The van der Waals surface area contributed by atoms with Gasteiger partial charge in [-0.1, -0.05) is 60.1 Å². The predicted octanol–water partition coefficient (Wildman–Crippen LogP) is 7.23. The molecule has 0 radical (unpaired) electrons. The zero-order chi connectivity index (χ0) is 24.2. The van der Waals surface area contributed by atoms with Crippen LogP contribution in [0.5, 0.6) is 0 Å². The molecule has 0 aromatic rings. The third-order valence-electron chi connectivity index (χ3n) is 13.0. The summed E-state index contributed by atoms with van der Waals surface area (Å²) < 4.78 is 0. The van der Waals surface area contributed by atoms with Gasteiger partial charge < -0.3 is 10.2 Å². The van der Waals surface area contributed by atoms with Crippen molar-refractivity contribution >= 4 is 5.97 Å². The van der Waals surface area contributed by atoms with Crippen LogP contribution >= 0.6 is 0 Å². The second-order valence-corrected chi connectivity index (χ2v) is 15.1. The molecule has 0 aromatic carbocycles. The molecule has 0 aromatic heterocycles. The van der Waals surface area contributed by atoms with E-state index in [1.807, 2.05) is 0 Å². The standard InChI is InChI=1S/C30H48O3/c1-25(2)14-16-30(24(32)33)17-15-28(6)19(20(30)18-25)8-9-22-27(5)12-11-23(31)26(3,4)21(27)10-13-29(22,28)7/h8,20-23,31H,9-18H2,1-7H3,(H,32,33)/t20?,21-,22?,23-,27?,28+,29-,30-/m0/s1. The third kappa shape index (κ3) is 2.87. The minimum absolute atomic E-state index is 0.0301. The van der Waals surface area contributed by atoms with E-state index in [9.17, 15) is 15.0 Å². The highest BCUT2D eigenvalue weighted by Crippen LogP contribution is 2.75. The number of hydrogen-bond donors (Lipinski definition) is 2. The fourth-order valence-electron chi connectivity index (χ4n) is 10.6. The van der Waals surface area contributed by atoms with Gasteiger partial charge in [0.15, 0.2) is 0 Å². The van der Waals surface area contributed by atoms with Crippen molar-refractivity contribution in [3.05, 3.63) is 11.6 Å². The number of carbonyl (C=O) groups is 1. The highest BCUT2D eigenvalue weighted by molar-refractivity contribution is 5.76. The molecule has 8 atom stereocenters. The van der Waals surface area contributed by atoms with Gasteiger partial charge in [0.2, 0.25) is 0 Å². The summed E-state index contributed by atoms with van der Waals surface area (Å²) >= 11 is 0. The van der Waals surface area contributed by atoms with Crippen molar-refractivity contribution in [3.8, 4) is 0 Å². The Labute approximate surface area is 201 Å². The van der Waals surface area contributed by atoms with Gasteiger partial charge in [0, 0.05) is 0 Å². The molecular formula is C30H48O3. The number of fused-ring (bicyclic) bond motifs is 7. The highest BCUT2D eigenvalue weighted by Gasteiger charge is 2.69. The first-order valence-electron chi connectivity index (χ1n) is 13.8. The molecular weight excluding hydrogens is 408 g/mol. The maximum absolute atomic E-state index is 12.8. The van der Waals surface area contributed by atoms with E-state index < -0.39 is 11.4 Å². The molecule has 0 amide bonds. The van der Waals surface area contributed by atoms with Crippen LogP contribution in [0.25, 0.3) is 0 Å². The Morgan fingerprint density at radius 3 is 2.21 bits per heavy atom. The zero-order valence-corrected chi connectivity index (χ0v) is 22.3. The van der Waals surface area contributed by atoms with Crippen LogP contribution in [0, 0.1) is 50.2 Å². The fraction of sp³-hybridized carbons (Fsp3) is 0.900. The van der Waals surface area contributed by atoms with Crippen molar-refractivity contribution in [2.45, 2.75) is 119 Å². The molecule has 5 aliphatic carbocycles. The zero-order valence-electron chi connectivity index (χ0n) is 22.3. The van der Waals surface area contributed by atoms with E-state index in [0.29, 0.717) is 11.8 Å². The lowest BCUT2D eigenvalue weighted by atomic mass is 9.33. The van der Waals surface area contributed by atoms with Crippen LogP contribution in [-0.4, -0.2) is 22.3 Å². The lowest BCUT2D eigenvalue weighted by molar-refractivity contribution is -0.205. The summed E-state index contributed by atoms with van der Waals surface area (Å²) in [6.45, 7) is 16.9. The molecule has 0 bridgehead atoms. The molecule has 4 saturated carbocycles. The topological polar surface area (TPSA) is 57.5 Å². The molecule has 0 spiro atoms. The average Bonchev–Trinajstić information content (AvgIpc) is 2.71. The van der Waals surface area contributed by atoms with Crippen LogP contribution in [0.15, 0.2) is 11.6 Å². The monoisotopic (exact) mass is 456 g/mol. The van der Waals surface area contributed by atoms with E-state index in [2.05, 4.69) is 54.5 Å². The Hall–Kier alpha value is -0.830. The van der Waals surface area contributed by atoms with Gasteiger partial charge in [0.1, 0.15) is 0 Å². The van der Waals surface area contributed by atoms with Crippen LogP contribution in [0.4, 0.5) is 0 Å². The van der Waals surface area contributed by atoms with Crippen molar-refractivity contribution in [2.75, 3.05) is 0 Å². The van der Waals surface area contributed by atoms with Gasteiger partial charge in [-0.3, -0.25) is 4.79 Å². The summed E-state index contributed by atoms with van der Waals surface area (Å²) in [5.74, 6) is 0.807. The number of carboxylic acid groups (broad SMARTS) is 1. The van der Waals surface area contributed by atoms with Gasteiger partial charge >= 0.3 is 5.97 Å². The van der Waals surface area contributed by atoms with Crippen molar-refractivity contribution in [1.82, 2.24) is 0 Å². The van der Waals surface area contributed by atoms with Crippen LogP contribution in [0.1, 0.15) is 113 Å². The van der Waals surface area contributed by atoms with E-state index in [0.717, 1.165) is 51.4 Å². The normalized spacial score (nSPS) is 52.4. The Balaban J connectivity index is 1.60. The van der Waals surface area contributed by atoms with E-state index in [1.165, 1.54) is 18.4 Å². The molecule has 186 valence electrons. The second kappa shape index (κ2) is 6.89. The molecule has 2 N–H and O–H groups in total. The van der Waals surface area contributed by atoms with Crippen LogP contribution < -0.4 is 0 Å². The van der Waals surface area contributed by atoms with Gasteiger partial charge in [0.25, 0.3) is 0 Å². The van der Waals surface area contributed by atoms with Crippen LogP contribution in [0.3, 0.4) is 0 Å². The first kappa shape index (κ1) is 23.9. The quantitative estimate of drug-likeness (QED) is 0.409. The Morgan fingerprint density at radius 2 is 1.55 bits per heavy atom. The number of carboxylic acids is 1. The number of aliphatic carboxylic acids is 1. The van der Waals surface area contributed by atoms with E-state index in [-0.39, 0.29) is 39.1 Å². The van der Waals surface area contributed by atoms with Crippen LogP contribution in [-0.2, 0) is 4.79 Å². The average molecular weight is 457 g/mol. The van der Waals surface area contributed by atoms with E-state index in [4.69, 9.17) is 0 Å². The lowest BCUT2D eigenvalue weighted by Gasteiger charge is -2.71. The third-order valence-corrected chi connectivity index (χ3v) is 13.0. The number of hydrogen-bond acceptors (Lipinski definition) is 2. The molecule has 0 saturated heterocycles. The molecule has 3 nitrogen and oxygen atoms in total. The smallest absolute Gasteiger partial charge is 0.310 e. The molecule has 0 aliphatic heterocycles.